The molecule has 0 fully saturated rings. The first-order valence-electron chi connectivity index (χ1n) is 7.83. The fourth-order valence-electron chi connectivity index (χ4n) is 2.27. The van der Waals surface area contributed by atoms with E-state index in [0.717, 1.165) is 18.4 Å². The number of ether oxygens (including phenoxy) is 1. The molecule has 0 aliphatic heterocycles. The number of halogens is 2. The van der Waals surface area contributed by atoms with Gasteiger partial charge in [-0.2, -0.15) is 0 Å². The Bertz CT molecular complexity index is 484. The predicted molar refractivity (Wildman–Crippen MR) is 99.8 cm³/mol. The van der Waals surface area contributed by atoms with Gasteiger partial charge in [0.1, 0.15) is 8.98 Å². The molecule has 0 bridgehead atoms. The number of hydrogen-bond acceptors (Lipinski definition) is 2. The van der Waals surface area contributed by atoms with Crippen molar-refractivity contribution in [2.24, 2.45) is 0 Å². The molecule has 0 heterocycles. The lowest BCUT2D eigenvalue weighted by Crippen LogP contribution is -2.13. The van der Waals surface area contributed by atoms with Gasteiger partial charge in [0.05, 0.1) is 0 Å². The Morgan fingerprint density at radius 3 is 2.50 bits per heavy atom. The largest absolute Gasteiger partial charge is 0.423 e. The Morgan fingerprint density at radius 1 is 1.18 bits per heavy atom. The van der Waals surface area contributed by atoms with Crippen molar-refractivity contribution in [2.75, 3.05) is 0 Å². The molecule has 0 amide bonds. The molecule has 0 N–H and O–H groups in total. The van der Waals surface area contributed by atoms with Crippen LogP contribution in [0.5, 0.6) is 5.75 Å². The zero-order chi connectivity index (χ0) is 16.4. The number of carbonyl (C=O) groups is 1. The Balaban J connectivity index is 2.63. The zero-order valence-electron chi connectivity index (χ0n) is 13.1. The van der Waals surface area contributed by atoms with Gasteiger partial charge < -0.3 is 4.74 Å². The average molecular weight is 432 g/mol. The average Bonchev–Trinajstić information content (AvgIpc) is 2.51. The van der Waals surface area contributed by atoms with Gasteiger partial charge in [0.2, 0.25) is 0 Å². The number of alkyl halides is 2. The molecule has 0 aliphatic carbocycles. The molecular formula is C18H24Br2O2. The maximum Gasteiger partial charge on any atom is 0.335 e. The normalized spacial score (nSPS) is 11.2. The quantitative estimate of drug-likeness (QED) is 0.139. The van der Waals surface area contributed by atoms with Crippen LogP contribution in [0.1, 0.15) is 57.4 Å². The minimum Gasteiger partial charge on any atom is -0.423 e. The van der Waals surface area contributed by atoms with Crippen LogP contribution in [-0.4, -0.2) is 5.97 Å². The second-order valence-corrected chi connectivity index (χ2v) is 9.12. The Morgan fingerprint density at radius 2 is 1.82 bits per heavy atom. The molecule has 1 rings (SSSR count). The van der Waals surface area contributed by atoms with Gasteiger partial charge in [-0.1, -0.05) is 102 Å². The fourth-order valence-corrected chi connectivity index (χ4v) is 3.49. The standard InChI is InChI=1S/C18H24Br2O2/c1-3-5-6-7-8-11-14-18(19,20)15-12-9-10-13-16(15)22-17(21)4-2/h4,9-10,12-13H,2-3,5-8,11,14H2,1H3. The van der Waals surface area contributed by atoms with Gasteiger partial charge in [-0.25, -0.2) is 4.79 Å². The first-order valence-corrected chi connectivity index (χ1v) is 9.41. The van der Waals surface area contributed by atoms with E-state index in [0.29, 0.717) is 5.75 Å². The van der Waals surface area contributed by atoms with Gasteiger partial charge in [0.15, 0.2) is 0 Å². The number of carbonyl (C=O) groups excluding carboxylic acids is 1. The van der Waals surface area contributed by atoms with Crippen LogP contribution in [0.25, 0.3) is 0 Å². The highest BCUT2D eigenvalue weighted by Crippen LogP contribution is 2.46. The van der Waals surface area contributed by atoms with E-state index in [1.54, 1.807) is 6.07 Å². The van der Waals surface area contributed by atoms with Crippen molar-refractivity contribution in [2.45, 2.75) is 55.1 Å². The summed E-state index contributed by atoms with van der Waals surface area (Å²) in [4.78, 5) is 11.5. The SMILES string of the molecule is C=CC(=O)Oc1ccccc1C(Br)(Br)CCCCCCCC. The number of unbranched alkanes of at least 4 members (excludes halogenated alkanes) is 5. The van der Waals surface area contributed by atoms with Crippen molar-refractivity contribution in [1.82, 2.24) is 0 Å². The third-order valence-corrected chi connectivity index (χ3v) is 5.15. The van der Waals surface area contributed by atoms with Gasteiger partial charge in [-0.05, 0) is 12.5 Å². The molecule has 122 valence electrons. The fraction of sp³-hybridized carbons (Fsp3) is 0.500. The summed E-state index contributed by atoms with van der Waals surface area (Å²) in [6.45, 7) is 5.66. The van der Waals surface area contributed by atoms with E-state index in [-0.39, 0.29) is 3.23 Å². The molecular weight excluding hydrogens is 408 g/mol. The molecule has 4 heteroatoms. The van der Waals surface area contributed by atoms with Crippen molar-refractivity contribution in [3.8, 4) is 5.75 Å². The van der Waals surface area contributed by atoms with Crippen LogP contribution in [0.4, 0.5) is 0 Å². The first-order chi connectivity index (χ1) is 10.5. The van der Waals surface area contributed by atoms with E-state index < -0.39 is 5.97 Å². The van der Waals surface area contributed by atoms with Gasteiger partial charge in [0, 0.05) is 11.6 Å². The number of benzene rings is 1. The molecule has 0 aliphatic rings. The maximum atomic E-state index is 11.5. The third-order valence-electron chi connectivity index (χ3n) is 3.50. The Hall–Kier alpha value is -0.610. The van der Waals surface area contributed by atoms with E-state index in [9.17, 15) is 4.79 Å². The van der Waals surface area contributed by atoms with E-state index in [4.69, 9.17) is 4.74 Å². The monoisotopic (exact) mass is 430 g/mol. The van der Waals surface area contributed by atoms with Gasteiger partial charge in [-0.3, -0.25) is 0 Å². The molecule has 0 saturated carbocycles. The summed E-state index contributed by atoms with van der Waals surface area (Å²) < 4.78 is 4.95. The molecule has 22 heavy (non-hydrogen) atoms. The Kier molecular flexibility index (Phi) is 9.03. The van der Waals surface area contributed by atoms with E-state index in [1.165, 1.54) is 38.2 Å². The second-order valence-electron chi connectivity index (χ2n) is 5.34. The lowest BCUT2D eigenvalue weighted by Gasteiger charge is -2.23. The van der Waals surface area contributed by atoms with Crippen LogP contribution in [-0.2, 0) is 8.03 Å². The predicted octanol–water partition coefficient (Wildman–Crippen LogP) is 6.47. The molecule has 0 unspecified atom stereocenters. The molecule has 1 aromatic rings. The van der Waals surface area contributed by atoms with E-state index in [2.05, 4.69) is 45.4 Å². The van der Waals surface area contributed by atoms with Gasteiger partial charge in [0.25, 0.3) is 0 Å². The summed E-state index contributed by atoms with van der Waals surface area (Å²) in [5.74, 6) is 0.120. The minimum atomic E-state index is -0.442. The molecule has 0 spiro atoms. The van der Waals surface area contributed by atoms with Crippen LogP contribution in [0, 0.1) is 0 Å². The van der Waals surface area contributed by atoms with Crippen LogP contribution >= 0.6 is 31.9 Å². The van der Waals surface area contributed by atoms with Crippen LogP contribution < -0.4 is 4.74 Å². The number of hydrogen-bond donors (Lipinski definition) is 0. The van der Waals surface area contributed by atoms with E-state index >= 15 is 0 Å². The maximum absolute atomic E-state index is 11.5. The number of para-hydroxylation sites is 1. The van der Waals surface area contributed by atoms with Gasteiger partial charge in [-0.15, -0.1) is 0 Å². The van der Waals surface area contributed by atoms with Crippen molar-refractivity contribution < 1.29 is 9.53 Å². The van der Waals surface area contributed by atoms with Crippen molar-refractivity contribution in [3.63, 3.8) is 0 Å². The minimum absolute atomic E-state index is 0.372. The summed E-state index contributed by atoms with van der Waals surface area (Å²) in [5, 5.41) is 0. The summed E-state index contributed by atoms with van der Waals surface area (Å²) in [7, 11) is 0. The van der Waals surface area contributed by atoms with Crippen molar-refractivity contribution >= 4 is 37.8 Å². The van der Waals surface area contributed by atoms with Crippen LogP contribution in [0.2, 0.25) is 0 Å². The second kappa shape index (κ2) is 10.2. The molecule has 0 atom stereocenters. The number of esters is 1. The molecule has 1 aromatic carbocycles. The first kappa shape index (κ1) is 19.4. The zero-order valence-corrected chi connectivity index (χ0v) is 16.3. The summed E-state index contributed by atoms with van der Waals surface area (Å²) in [6, 6.07) is 7.57. The highest BCUT2D eigenvalue weighted by Gasteiger charge is 2.28. The highest BCUT2D eigenvalue weighted by molar-refractivity contribution is 9.24. The summed E-state index contributed by atoms with van der Waals surface area (Å²) >= 11 is 7.47. The number of rotatable bonds is 10. The molecule has 0 saturated heterocycles. The van der Waals surface area contributed by atoms with Gasteiger partial charge >= 0.3 is 5.97 Å². The molecule has 2 nitrogen and oxygen atoms in total. The lowest BCUT2D eigenvalue weighted by atomic mass is 10.0. The van der Waals surface area contributed by atoms with Crippen LogP contribution in [0.15, 0.2) is 36.9 Å². The van der Waals surface area contributed by atoms with E-state index in [1.807, 2.05) is 18.2 Å². The topological polar surface area (TPSA) is 26.3 Å². The highest BCUT2D eigenvalue weighted by atomic mass is 79.9. The molecule has 0 aromatic heterocycles. The Labute approximate surface area is 150 Å². The smallest absolute Gasteiger partial charge is 0.335 e. The summed E-state index contributed by atoms with van der Waals surface area (Å²) in [5.41, 5.74) is 0.929. The molecule has 0 radical (unpaired) electrons. The van der Waals surface area contributed by atoms with Crippen molar-refractivity contribution in [1.29, 1.82) is 0 Å². The third kappa shape index (κ3) is 6.66. The lowest BCUT2D eigenvalue weighted by molar-refractivity contribution is -0.129. The summed E-state index contributed by atoms with van der Waals surface area (Å²) in [6.07, 6.45) is 9.60. The van der Waals surface area contributed by atoms with Crippen molar-refractivity contribution in [3.05, 3.63) is 42.5 Å². The van der Waals surface area contributed by atoms with Crippen LogP contribution in [0.3, 0.4) is 0 Å².